The molecule has 2 heterocycles. The monoisotopic (exact) mass is 1360 g/mol. The third-order valence-corrected chi connectivity index (χ3v) is 15.7. The molecule has 0 saturated carbocycles. The first-order valence-corrected chi connectivity index (χ1v) is 33.3. The number of methoxy groups -OCH3 is 4. The van der Waals surface area contributed by atoms with Crippen LogP contribution in [0.2, 0.25) is 0 Å². The van der Waals surface area contributed by atoms with Crippen molar-refractivity contribution < 1.29 is 60.9 Å². The highest BCUT2D eigenvalue weighted by Gasteiger charge is 2.30. The number of nitrogens with one attached hydrogen (secondary N) is 3. The number of rotatable bonds is 37. The fourth-order valence-electron chi connectivity index (χ4n) is 10.3. The molecule has 1 saturated heterocycles. The van der Waals surface area contributed by atoms with Crippen LogP contribution in [0.25, 0.3) is 11.3 Å². The minimum absolute atomic E-state index is 0. The molecular weight excluding hydrogens is 1250 g/mol. The SMILES string of the molecule is C.CNCCC(=O)CCCOC.COC(=O)CCN(C)Cc1ccccc1.COCCCC(=O)CCN(C)Cc1cccc(C(=O)Nc2ccc(N3CCCCC3)cc2-c2cc(C(=O)NCc3cccc(C(F)(F)F)c3)ccn2)c1.COCCCC(=O)CCN(C)Cc1ccccc1. The molecule has 1 fully saturated rings. The van der Waals surface area contributed by atoms with E-state index in [0.717, 1.165) is 94.9 Å². The maximum atomic E-state index is 13.7. The Hall–Kier alpha value is -8.02. The second-order valence-corrected chi connectivity index (χ2v) is 24.0. The van der Waals surface area contributed by atoms with E-state index in [-0.39, 0.29) is 37.2 Å². The first-order chi connectivity index (χ1) is 46.7. The van der Waals surface area contributed by atoms with Gasteiger partial charge in [-0.25, -0.2) is 0 Å². The second-order valence-electron chi connectivity index (χ2n) is 24.0. The van der Waals surface area contributed by atoms with Crippen molar-refractivity contribution in [2.24, 2.45) is 0 Å². The average molecular weight is 1360 g/mol. The van der Waals surface area contributed by atoms with E-state index in [9.17, 15) is 41.9 Å². The Labute approximate surface area is 580 Å². The van der Waals surface area contributed by atoms with Crippen molar-refractivity contribution in [3.63, 3.8) is 0 Å². The predicted molar refractivity (Wildman–Crippen MR) is 384 cm³/mol. The van der Waals surface area contributed by atoms with Gasteiger partial charge in [-0.1, -0.05) is 92.4 Å². The summed E-state index contributed by atoms with van der Waals surface area (Å²) in [5.74, 6) is -0.107. The van der Waals surface area contributed by atoms with Crippen LogP contribution < -0.4 is 20.9 Å². The number of amides is 2. The largest absolute Gasteiger partial charge is 0.469 e. The second kappa shape index (κ2) is 48.7. The van der Waals surface area contributed by atoms with Gasteiger partial charge in [0.15, 0.2) is 0 Å². The number of piperidine rings is 1. The van der Waals surface area contributed by atoms with Gasteiger partial charge in [0, 0.05) is 174 Å². The number of aromatic nitrogens is 1. The number of esters is 1. The molecule has 5 aromatic carbocycles. The molecule has 0 atom stereocenters. The highest BCUT2D eigenvalue weighted by atomic mass is 19.4. The molecule has 0 bridgehead atoms. The molecule has 18 nitrogen and oxygen atoms in total. The summed E-state index contributed by atoms with van der Waals surface area (Å²) in [5.41, 5.74) is 6.31. The van der Waals surface area contributed by atoms with Crippen LogP contribution >= 0.6 is 0 Å². The maximum absolute atomic E-state index is 13.7. The highest BCUT2D eigenvalue weighted by molar-refractivity contribution is 6.06. The molecule has 1 aliphatic heterocycles. The zero-order chi connectivity index (χ0) is 70.6. The number of carbonyl (C=O) groups excluding carboxylic acids is 6. The molecule has 6 aromatic rings. The number of alkyl halides is 3. The van der Waals surface area contributed by atoms with Gasteiger partial charge in [0.2, 0.25) is 0 Å². The minimum Gasteiger partial charge on any atom is -0.469 e. The molecule has 0 unspecified atom stereocenters. The van der Waals surface area contributed by atoms with E-state index >= 15 is 0 Å². The van der Waals surface area contributed by atoms with Gasteiger partial charge < -0.3 is 54.5 Å². The first kappa shape index (κ1) is 84.2. The van der Waals surface area contributed by atoms with Crippen molar-refractivity contribution in [1.82, 2.24) is 30.3 Å². The summed E-state index contributed by atoms with van der Waals surface area (Å²) in [7, 11) is 14.2. The standard InChI is InChI=1S/C41H46F3N5O4.C15H23NO2.C12H17NO2.C8H17NO2.CH4/c1-48(21-17-35(50)13-8-22-53-2)28-30-10-6-11-31(23-30)40(52)47-37-15-14-34(49-19-4-3-5-20-49)26-36(37)38-25-32(16-18-45-38)39(51)46-27-29-9-7-12-33(24-29)41(42,43)44;1-16(13-14-7-4-3-5-8-14)11-10-15(17)9-6-12-18-2;1-13(9-8-12(14)15-2)10-11-6-4-3-5-7-11;1-9-6-5-8(10)4-3-7-11-2;/h6-7,9-12,14-16,18,23-26H,3-5,8,13,17,19-22,27-28H2,1-2H3,(H,46,51)(H,47,52);3-5,7-8H,6,9-13H2,1-2H3;3-7H,8-10H2,1-2H3;9H,3-7H2,1-2H3;1H4. The van der Waals surface area contributed by atoms with Crippen LogP contribution in [0.1, 0.15) is 139 Å². The number of ketones is 3. The Bertz CT molecular complexity index is 3260. The minimum atomic E-state index is -4.48. The highest BCUT2D eigenvalue weighted by Crippen LogP contribution is 2.34. The molecule has 98 heavy (non-hydrogen) atoms. The smallest absolute Gasteiger partial charge is 0.416 e. The van der Waals surface area contributed by atoms with Crippen LogP contribution in [0.4, 0.5) is 24.5 Å². The van der Waals surface area contributed by atoms with E-state index in [1.54, 1.807) is 33.5 Å². The molecular formula is C77H107F3N8O10. The Morgan fingerprint density at radius 3 is 1.56 bits per heavy atom. The van der Waals surface area contributed by atoms with Crippen molar-refractivity contribution in [2.75, 3.05) is 126 Å². The van der Waals surface area contributed by atoms with Crippen LogP contribution in [0.15, 0.2) is 146 Å². The molecule has 1 aromatic heterocycles. The maximum Gasteiger partial charge on any atom is 0.416 e. The summed E-state index contributed by atoms with van der Waals surface area (Å²) >= 11 is 0. The summed E-state index contributed by atoms with van der Waals surface area (Å²) in [5, 5.41) is 8.70. The number of nitrogens with zero attached hydrogens (tertiary/aromatic N) is 5. The number of pyridine rings is 1. The molecule has 0 spiro atoms. The Morgan fingerprint density at radius 1 is 0.531 bits per heavy atom. The molecule has 1 aliphatic rings. The zero-order valence-corrected chi connectivity index (χ0v) is 58.2. The van der Waals surface area contributed by atoms with E-state index in [1.165, 1.54) is 49.1 Å². The van der Waals surface area contributed by atoms with Gasteiger partial charge in [-0.3, -0.25) is 33.8 Å². The van der Waals surface area contributed by atoms with Gasteiger partial charge in [-0.15, -0.1) is 0 Å². The molecule has 3 N–H and O–H groups in total. The van der Waals surface area contributed by atoms with Crippen molar-refractivity contribution in [3.8, 4) is 11.3 Å². The van der Waals surface area contributed by atoms with E-state index in [1.807, 2.05) is 93.9 Å². The molecule has 21 heteroatoms. The number of halogens is 3. The summed E-state index contributed by atoms with van der Waals surface area (Å²) in [6, 6.07) is 41.6. The van der Waals surface area contributed by atoms with Crippen LogP contribution in [-0.4, -0.2) is 171 Å². The number of hydrogen-bond acceptors (Lipinski definition) is 16. The third kappa shape index (κ3) is 35.0. The van der Waals surface area contributed by atoms with Crippen LogP contribution in [0, 0.1) is 0 Å². The fourth-order valence-corrected chi connectivity index (χ4v) is 10.3. The number of carbonyl (C=O) groups is 6. The van der Waals surface area contributed by atoms with Gasteiger partial charge in [-0.05, 0) is 144 Å². The normalized spacial score (nSPS) is 11.8. The van der Waals surface area contributed by atoms with Crippen molar-refractivity contribution in [1.29, 1.82) is 0 Å². The number of hydrogen-bond donors (Lipinski definition) is 3. The summed E-state index contributed by atoms with van der Waals surface area (Å²) in [6.07, 6.45) is 6.65. The van der Waals surface area contributed by atoms with E-state index in [0.29, 0.717) is 124 Å². The Morgan fingerprint density at radius 2 is 1.03 bits per heavy atom. The fraction of sp³-hybridized carbons (Fsp3) is 0.468. The molecule has 536 valence electrons. The lowest BCUT2D eigenvalue weighted by Gasteiger charge is -2.29. The molecule has 7 rings (SSSR count). The zero-order valence-electron chi connectivity index (χ0n) is 58.2. The lowest BCUT2D eigenvalue weighted by molar-refractivity contribution is -0.141. The molecule has 2 amide bonds. The van der Waals surface area contributed by atoms with E-state index in [2.05, 4.69) is 76.6 Å². The van der Waals surface area contributed by atoms with E-state index < -0.39 is 17.6 Å². The lowest BCUT2D eigenvalue weighted by atomic mass is 10.0. The van der Waals surface area contributed by atoms with Crippen molar-refractivity contribution in [2.45, 2.75) is 123 Å². The number of Topliss-reactive ketones (excluding diaryl/α,β-unsaturated/α-hetero) is 3. The van der Waals surface area contributed by atoms with Gasteiger partial charge >= 0.3 is 12.1 Å². The van der Waals surface area contributed by atoms with Crippen LogP contribution in [-0.2, 0) is 70.5 Å². The topological polar surface area (TPSA) is 201 Å². The lowest BCUT2D eigenvalue weighted by Crippen LogP contribution is -2.29. The van der Waals surface area contributed by atoms with Crippen LogP contribution in [0.5, 0.6) is 0 Å². The summed E-state index contributed by atoms with van der Waals surface area (Å²) < 4.78 is 59.0. The number of benzene rings is 5. The van der Waals surface area contributed by atoms with Gasteiger partial charge in [0.25, 0.3) is 11.8 Å². The Balaban J connectivity index is 0.000000447. The van der Waals surface area contributed by atoms with Gasteiger partial charge in [-0.2, -0.15) is 13.2 Å². The molecule has 0 radical (unpaired) electrons. The van der Waals surface area contributed by atoms with E-state index in [4.69, 9.17) is 14.2 Å². The van der Waals surface area contributed by atoms with Crippen molar-refractivity contribution >= 4 is 46.5 Å². The number of anilines is 2. The average Bonchev–Trinajstić information content (AvgIpc) is 0.803. The van der Waals surface area contributed by atoms with Crippen molar-refractivity contribution in [3.05, 3.63) is 185 Å². The number of ether oxygens (including phenoxy) is 4. The first-order valence-electron chi connectivity index (χ1n) is 33.3. The Kier molecular flexibility index (Phi) is 41.8. The van der Waals surface area contributed by atoms with Gasteiger partial charge in [0.05, 0.1) is 30.5 Å². The predicted octanol–water partition coefficient (Wildman–Crippen LogP) is 13.2. The summed E-state index contributed by atoms with van der Waals surface area (Å²) in [6.45, 7) is 8.89. The summed E-state index contributed by atoms with van der Waals surface area (Å²) in [4.78, 5) is 85.8. The third-order valence-electron chi connectivity index (χ3n) is 15.7. The quantitative estimate of drug-likeness (QED) is 0.0245. The van der Waals surface area contributed by atoms with Gasteiger partial charge in [0.1, 0.15) is 17.3 Å². The van der Waals surface area contributed by atoms with Crippen LogP contribution in [0.3, 0.4) is 0 Å². The molecule has 0 aliphatic carbocycles.